The second-order valence-corrected chi connectivity index (χ2v) is 6.20. The van der Waals surface area contributed by atoms with E-state index in [-0.39, 0.29) is 11.6 Å². The number of nitrogens with one attached hydrogen (secondary N) is 1. The van der Waals surface area contributed by atoms with Crippen LogP contribution in [0.15, 0.2) is 12.4 Å². The van der Waals surface area contributed by atoms with E-state index in [9.17, 15) is 4.79 Å². The van der Waals surface area contributed by atoms with E-state index in [1.54, 1.807) is 6.20 Å². The fourth-order valence-electron chi connectivity index (χ4n) is 2.03. The highest BCUT2D eigenvalue weighted by atomic mass is 16.2. The molecule has 1 aromatic rings. The van der Waals surface area contributed by atoms with E-state index in [2.05, 4.69) is 38.1 Å². The van der Waals surface area contributed by atoms with Crippen molar-refractivity contribution in [2.45, 2.75) is 58.5 Å². The Hall–Kier alpha value is -1.52. The molecule has 0 aromatic carbocycles. The Bertz CT molecular complexity index is 443. The van der Waals surface area contributed by atoms with E-state index >= 15 is 0 Å². The van der Waals surface area contributed by atoms with Crippen LogP contribution in [0.3, 0.4) is 0 Å². The normalized spacial score (nSPS) is 15.4. The minimum atomic E-state index is -0.0669. The van der Waals surface area contributed by atoms with Gasteiger partial charge in [0, 0.05) is 18.8 Å². The molecular weight excluding hydrogens is 240 g/mol. The number of hydrogen-bond acceptors (Lipinski definition) is 2. The van der Waals surface area contributed by atoms with Gasteiger partial charge in [-0.25, -0.2) is 4.79 Å². The van der Waals surface area contributed by atoms with Gasteiger partial charge in [-0.15, -0.1) is 0 Å². The van der Waals surface area contributed by atoms with Crippen molar-refractivity contribution in [2.24, 2.45) is 0 Å². The van der Waals surface area contributed by atoms with Gasteiger partial charge in [0.05, 0.1) is 17.4 Å². The standard InChI is InChI=1S/C14H24N4O/c1-5-8-17(12-6-7-12)13(19)16-11-9-15-18(10-11)14(2,3)4/h9-10,12H,5-8H2,1-4H3,(H,16,19). The van der Waals surface area contributed by atoms with Gasteiger partial charge < -0.3 is 10.2 Å². The highest BCUT2D eigenvalue weighted by Crippen LogP contribution is 2.27. The third-order valence-corrected chi connectivity index (χ3v) is 3.23. The molecule has 0 bridgehead atoms. The molecule has 5 heteroatoms. The number of amides is 2. The van der Waals surface area contributed by atoms with Crippen molar-refractivity contribution in [2.75, 3.05) is 11.9 Å². The highest BCUT2D eigenvalue weighted by Gasteiger charge is 2.32. The van der Waals surface area contributed by atoms with Crippen LogP contribution in [0.2, 0.25) is 0 Å². The Morgan fingerprint density at radius 2 is 2.21 bits per heavy atom. The second-order valence-electron chi connectivity index (χ2n) is 6.20. The summed E-state index contributed by atoms with van der Waals surface area (Å²) in [5.41, 5.74) is 0.699. The smallest absolute Gasteiger partial charge is 0.322 e. The average Bonchev–Trinajstić information content (AvgIpc) is 3.03. The van der Waals surface area contributed by atoms with E-state index in [0.29, 0.717) is 6.04 Å². The van der Waals surface area contributed by atoms with Crippen LogP contribution in [0, 0.1) is 0 Å². The minimum absolute atomic E-state index is 0.00203. The average molecular weight is 264 g/mol. The van der Waals surface area contributed by atoms with Crippen LogP contribution in [0.1, 0.15) is 47.0 Å². The molecule has 2 amide bonds. The van der Waals surface area contributed by atoms with Crippen LogP contribution in [-0.2, 0) is 5.54 Å². The molecular formula is C14H24N4O. The molecule has 1 N–H and O–H groups in total. The maximum atomic E-state index is 12.2. The van der Waals surface area contributed by atoms with Crippen LogP contribution in [0.5, 0.6) is 0 Å². The van der Waals surface area contributed by atoms with E-state index in [0.717, 1.165) is 31.5 Å². The van der Waals surface area contributed by atoms with Crippen molar-refractivity contribution >= 4 is 11.7 Å². The summed E-state index contributed by atoms with van der Waals surface area (Å²) in [7, 11) is 0. The number of carbonyl (C=O) groups excluding carboxylic acids is 1. The minimum Gasteiger partial charge on any atom is -0.322 e. The summed E-state index contributed by atoms with van der Waals surface area (Å²) in [5.74, 6) is 0. The molecule has 0 saturated heterocycles. The van der Waals surface area contributed by atoms with Crippen LogP contribution in [0.4, 0.5) is 10.5 Å². The summed E-state index contributed by atoms with van der Waals surface area (Å²) in [6, 6.07) is 0.440. The van der Waals surface area contributed by atoms with Crippen LogP contribution >= 0.6 is 0 Å². The number of nitrogens with zero attached hydrogens (tertiary/aromatic N) is 3. The first kappa shape index (κ1) is 13.9. The summed E-state index contributed by atoms with van der Waals surface area (Å²) in [4.78, 5) is 14.2. The predicted molar refractivity (Wildman–Crippen MR) is 76.3 cm³/mol. The van der Waals surface area contributed by atoms with Gasteiger partial charge in [-0.3, -0.25) is 4.68 Å². The topological polar surface area (TPSA) is 50.2 Å². The first-order valence-electron chi connectivity index (χ1n) is 7.04. The molecule has 1 aromatic heterocycles. The second kappa shape index (κ2) is 5.23. The molecule has 1 aliphatic carbocycles. The Morgan fingerprint density at radius 3 is 2.68 bits per heavy atom. The maximum Gasteiger partial charge on any atom is 0.322 e. The van der Waals surface area contributed by atoms with Crippen molar-refractivity contribution in [3.63, 3.8) is 0 Å². The molecule has 1 saturated carbocycles. The molecule has 106 valence electrons. The van der Waals surface area contributed by atoms with E-state index < -0.39 is 0 Å². The van der Waals surface area contributed by atoms with Gasteiger partial charge in [-0.1, -0.05) is 6.92 Å². The van der Waals surface area contributed by atoms with E-state index in [4.69, 9.17) is 0 Å². The highest BCUT2D eigenvalue weighted by molar-refractivity contribution is 5.89. The maximum absolute atomic E-state index is 12.2. The molecule has 5 nitrogen and oxygen atoms in total. The molecule has 1 heterocycles. The third kappa shape index (κ3) is 3.49. The lowest BCUT2D eigenvalue weighted by Gasteiger charge is -2.22. The van der Waals surface area contributed by atoms with Gasteiger partial charge in [-0.05, 0) is 40.0 Å². The van der Waals surface area contributed by atoms with Crippen molar-refractivity contribution in [3.05, 3.63) is 12.4 Å². The summed E-state index contributed by atoms with van der Waals surface area (Å²) in [6.07, 6.45) is 6.85. The summed E-state index contributed by atoms with van der Waals surface area (Å²) in [5, 5.41) is 7.23. The molecule has 0 aliphatic heterocycles. The lowest BCUT2D eigenvalue weighted by molar-refractivity contribution is 0.209. The summed E-state index contributed by atoms with van der Waals surface area (Å²) < 4.78 is 1.86. The van der Waals surface area contributed by atoms with Crippen molar-refractivity contribution < 1.29 is 4.79 Å². The lowest BCUT2D eigenvalue weighted by Crippen LogP contribution is -2.37. The molecule has 19 heavy (non-hydrogen) atoms. The Balaban J connectivity index is 1.99. The van der Waals surface area contributed by atoms with E-state index in [1.165, 1.54) is 0 Å². The zero-order chi connectivity index (χ0) is 14.0. The van der Waals surface area contributed by atoms with Crippen molar-refractivity contribution in [1.29, 1.82) is 0 Å². The Morgan fingerprint density at radius 1 is 1.53 bits per heavy atom. The number of urea groups is 1. The van der Waals surface area contributed by atoms with Crippen LogP contribution in [0.25, 0.3) is 0 Å². The summed E-state index contributed by atoms with van der Waals surface area (Å²) in [6.45, 7) is 9.17. The fraction of sp³-hybridized carbons (Fsp3) is 0.714. The van der Waals surface area contributed by atoms with Gasteiger partial charge in [0.1, 0.15) is 0 Å². The number of hydrogen-bond donors (Lipinski definition) is 1. The largest absolute Gasteiger partial charge is 0.322 e. The van der Waals surface area contributed by atoms with Gasteiger partial charge in [0.25, 0.3) is 0 Å². The SMILES string of the molecule is CCCN(C(=O)Nc1cnn(C(C)(C)C)c1)C1CC1. The first-order chi connectivity index (χ1) is 8.91. The monoisotopic (exact) mass is 264 g/mol. The third-order valence-electron chi connectivity index (χ3n) is 3.23. The number of aromatic nitrogens is 2. The number of rotatable bonds is 4. The van der Waals surface area contributed by atoms with Gasteiger partial charge >= 0.3 is 6.03 Å². The molecule has 1 aliphatic rings. The molecule has 0 spiro atoms. The predicted octanol–water partition coefficient (Wildman–Crippen LogP) is 3.04. The van der Waals surface area contributed by atoms with Gasteiger partial charge in [0.2, 0.25) is 0 Å². The van der Waals surface area contributed by atoms with Gasteiger partial charge in [-0.2, -0.15) is 5.10 Å². The first-order valence-corrected chi connectivity index (χ1v) is 7.04. The number of anilines is 1. The zero-order valence-electron chi connectivity index (χ0n) is 12.3. The molecule has 0 radical (unpaired) electrons. The number of carbonyl (C=O) groups is 1. The van der Waals surface area contributed by atoms with Crippen LogP contribution in [-0.4, -0.2) is 33.3 Å². The van der Waals surface area contributed by atoms with E-state index in [1.807, 2.05) is 15.8 Å². The lowest BCUT2D eigenvalue weighted by atomic mass is 10.1. The molecule has 0 unspecified atom stereocenters. The van der Waals surface area contributed by atoms with Crippen molar-refractivity contribution in [1.82, 2.24) is 14.7 Å². The zero-order valence-corrected chi connectivity index (χ0v) is 12.3. The van der Waals surface area contributed by atoms with Gasteiger partial charge in [0.15, 0.2) is 0 Å². The fourth-order valence-corrected chi connectivity index (χ4v) is 2.03. The summed E-state index contributed by atoms with van der Waals surface area (Å²) >= 11 is 0. The molecule has 2 rings (SSSR count). The molecule has 1 fully saturated rings. The quantitative estimate of drug-likeness (QED) is 0.908. The van der Waals surface area contributed by atoms with Crippen molar-refractivity contribution in [3.8, 4) is 0 Å². The molecule has 0 atom stereocenters. The Labute approximate surface area is 115 Å². The van der Waals surface area contributed by atoms with Crippen LogP contribution < -0.4 is 5.32 Å². The Kier molecular flexibility index (Phi) is 3.83.